The predicted octanol–water partition coefficient (Wildman–Crippen LogP) is 3.28. The molecule has 0 nitrogen and oxygen atoms in total. The van der Waals surface area contributed by atoms with E-state index in [1.54, 1.807) is 6.07 Å². The molecule has 0 saturated carbocycles. The number of thiol groups is 1. The molecule has 0 spiro atoms. The zero-order valence-electron chi connectivity index (χ0n) is 5.36. The first-order chi connectivity index (χ1) is 4.63. The second kappa shape index (κ2) is 2.82. The summed E-state index contributed by atoms with van der Waals surface area (Å²) >= 11 is 15.3. The first kappa shape index (κ1) is 5.90. The van der Waals surface area contributed by atoms with Crippen LogP contribution in [0, 0.1) is 0 Å². The monoisotopic (exact) mass is 179 g/mol. The summed E-state index contributed by atoms with van der Waals surface area (Å²) in [6, 6.07) is 3.37. The van der Waals surface area contributed by atoms with Gasteiger partial charge >= 0.3 is 0 Å². The van der Waals surface area contributed by atoms with E-state index in [2.05, 4.69) is 12.6 Å². The Morgan fingerprint density at radius 2 is 2.11 bits per heavy atom. The Kier molecular flexibility index (Phi) is 1.85. The van der Waals surface area contributed by atoms with Crippen LogP contribution >= 0.6 is 35.8 Å². The van der Waals surface area contributed by atoms with Gasteiger partial charge in [-0.1, -0.05) is 29.3 Å². The van der Waals surface area contributed by atoms with Gasteiger partial charge in [-0.25, -0.2) is 0 Å². The lowest BCUT2D eigenvalue weighted by atomic mass is 10.4. The van der Waals surface area contributed by atoms with Gasteiger partial charge < -0.3 is 0 Å². The quantitative estimate of drug-likeness (QED) is 0.582. The number of hydrogen-bond acceptors (Lipinski definition) is 1. The number of benzene rings is 1. The highest BCUT2D eigenvalue weighted by atomic mass is 35.5. The molecule has 1 rings (SSSR count). The molecule has 1 aromatic rings. The summed E-state index contributed by atoms with van der Waals surface area (Å²) in [7, 11) is 0. The predicted molar refractivity (Wildman–Crippen MR) is 43.7 cm³/mol. The van der Waals surface area contributed by atoms with Crippen molar-refractivity contribution in [3.63, 3.8) is 0 Å². The molecule has 0 unspecified atom stereocenters. The highest BCUT2D eigenvalue weighted by molar-refractivity contribution is 7.80. The van der Waals surface area contributed by atoms with Crippen molar-refractivity contribution in [2.45, 2.75) is 4.90 Å². The first-order valence-corrected chi connectivity index (χ1v) is 3.47. The van der Waals surface area contributed by atoms with E-state index >= 15 is 0 Å². The Morgan fingerprint density at radius 1 is 1.44 bits per heavy atom. The third-order valence-corrected chi connectivity index (χ3v) is 2.21. The van der Waals surface area contributed by atoms with E-state index in [-0.39, 0.29) is 6.04 Å². The lowest BCUT2D eigenvalue weighted by Crippen LogP contribution is -1.69. The molecule has 0 N–H and O–H groups in total. The van der Waals surface area contributed by atoms with Crippen LogP contribution in [0.15, 0.2) is 23.1 Å². The average Bonchev–Trinajstić information content (AvgIpc) is 1.93. The lowest BCUT2D eigenvalue weighted by Gasteiger charge is -1.95. The molecule has 0 saturated heterocycles. The van der Waals surface area contributed by atoms with E-state index in [0.29, 0.717) is 14.9 Å². The molecule has 0 bridgehead atoms. The van der Waals surface area contributed by atoms with Crippen LogP contribution < -0.4 is 0 Å². The molecule has 0 aliphatic heterocycles. The molecule has 9 heavy (non-hydrogen) atoms. The minimum atomic E-state index is 0.246. The van der Waals surface area contributed by atoms with E-state index in [0.717, 1.165) is 0 Å². The van der Waals surface area contributed by atoms with Crippen LogP contribution in [0.25, 0.3) is 0 Å². The summed E-state index contributed by atoms with van der Waals surface area (Å²) in [5.74, 6) is 0. The van der Waals surface area contributed by atoms with Crippen molar-refractivity contribution in [3.05, 3.63) is 28.2 Å². The third-order valence-electron chi connectivity index (χ3n) is 0.874. The molecule has 48 valence electrons. The van der Waals surface area contributed by atoms with Crippen molar-refractivity contribution in [3.8, 4) is 0 Å². The molecule has 0 radical (unpaired) electrons. The molecule has 0 amide bonds. The van der Waals surface area contributed by atoms with Crippen LogP contribution in [-0.4, -0.2) is 0 Å². The maximum absolute atomic E-state index is 7.22. The van der Waals surface area contributed by atoms with Gasteiger partial charge in [0.05, 0.1) is 11.4 Å². The van der Waals surface area contributed by atoms with Crippen LogP contribution in [0.4, 0.5) is 0 Å². The van der Waals surface area contributed by atoms with Crippen LogP contribution in [0.3, 0.4) is 0 Å². The smallest absolute Gasteiger partial charge is 0.0639 e. The Labute approximate surface area is 70.6 Å². The van der Waals surface area contributed by atoms with Crippen LogP contribution in [-0.2, 0) is 0 Å². The van der Waals surface area contributed by atoms with Gasteiger partial charge in [0.25, 0.3) is 0 Å². The van der Waals surface area contributed by atoms with E-state index in [4.69, 9.17) is 24.6 Å². The Hall–Kier alpha value is 0.150. The second-order valence-corrected chi connectivity index (χ2v) is 2.72. The molecule has 0 atom stereocenters. The summed E-state index contributed by atoms with van der Waals surface area (Å²) in [5, 5.41) is 0.778. The van der Waals surface area contributed by atoms with Crippen molar-refractivity contribution in [2.24, 2.45) is 0 Å². The number of hydrogen-bond donors (Lipinski definition) is 1. The number of rotatable bonds is 0. The minimum absolute atomic E-state index is 0.246. The molecule has 0 heterocycles. The summed E-state index contributed by atoms with van der Waals surface area (Å²) in [6.07, 6.45) is 0. The fourth-order valence-electron chi connectivity index (χ4n) is 0.440. The van der Waals surface area contributed by atoms with Gasteiger partial charge in [0.1, 0.15) is 0 Å². The Morgan fingerprint density at radius 3 is 2.67 bits per heavy atom. The van der Waals surface area contributed by atoms with Crippen molar-refractivity contribution in [2.75, 3.05) is 0 Å². The summed E-state index contributed by atoms with van der Waals surface area (Å²) in [4.78, 5) is 0.468. The van der Waals surface area contributed by atoms with Crippen LogP contribution in [0.5, 0.6) is 0 Å². The van der Waals surface area contributed by atoms with Crippen molar-refractivity contribution in [1.82, 2.24) is 0 Å². The van der Waals surface area contributed by atoms with Gasteiger partial charge in [0, 0.05) is 4.90 Å². The third kappa shape index (κ3) is 1.54. The molecule has 1 aromatic carbocycles. The van der Waals surface area contributed by atoms with Crippen molar-refractivity contribution in [1.29, 1.82) is 0 Å². The van der Waals surface area contributed by atoms with E-state index < -0.39 is 0 Å². The zero-order valence-corrected chi connectivity index (χ0v) is 6.76. The highest BCUT2D eigenvalue weighted by Crippen LogP contribution is 2.26. The molecular weight excluding hydrogens is 175 g/mol. The van der Waals surface area contributed by atoms with Gasteiger partial charge in [0.2, 0.25) is 0 Å². The van der Waals surface area contributed by atoms with E-state index in [1.807, 2.05) is 0 Å². The minimum Gasteiger partial charge on any atom is -0.140 e. The molecule has 0 fully saturated rings. The summed E-state index contributed by atoms with van der Waals surface area (Å²) in [5.41, 5.74) is 0. The second-order valence-electron chi connectivity index (χ2n) is 1.49. The maximum atomic E-state index is 7.22. The molecule has 3 heteroatoms. The largest absolute Gasteiger partial charge is 0.140 e. The SMILES string of the molecule is [2H]c1ccc(Cl)c(S)c1Cl. The summed E-state index contributed by atoms with van der Waals surface area (Å²) < 4.78 is 7.22. The number of halogens is 2. The normalized spacial score (nSPS) is 11.2. The zero-order chi connectivity index (χ0) is 7.72. The highest BCUT2D eigenvalue weighted by Gasteiger charge is 1.97. The van der Waals surface area contributed by atoms with Gasteiger partial charge in [-0.3, -0.25) is 0 Å². The van der Waals surface area contributed by atoms with Gasteiger partial charge in [-0.05, 0) is 12.1 Å². The van der Waals surface area contributed by atoms with Gasteiger partial charge in [0.15, 0.2) is 0 Å². The standard InChI is InChI=1S/C6H4Cl2S/c7-4-2-1-3-5(8)6(4)9/h1-3,9H/i2D. The van der Waals surface area contributed by atoms with Gasteiger partial charge in [-0.2, -0.15) is 0 Å². The topological polar surface area (TPSA) is 0 Å². The lowest BCUT2D eigenvalue weighted by molar-refractivity contribution is 1.48. The van der Waals surface area contributed by atoms with Crippen LogP contribution in [0.2, 0.25) is 10.0 Å². The Balaban J connectivity index is 3.34. The van der Waals surface area contributed by atoms with E-state index in [9.17, 15) is 0 Å². The first-order valence-electron chi connectivity index (χ1n) is 2.76. The van der Waals surface area contributed by atoms with Crippen molar-refractivity contribution >= 4 is 35.8 Å². The Bertz CT molecular complexity index is 235. The average molecular weight is 180 g/mol. The van der Waals surface area contributed by atoms with E-state index in [1.165, 1.54) is 6.07 Å². The molecule has 0 aromatic heterocycles. The fourth-order valence-corrected chi connectivity index (χ4v) is 0.950. The molecule has 0 aliphatic rings. The molecular formula is C6H4Cl2S. The van der Waals surface area contributed by atoms with Crippen molar-refractivity contribution < 1.29 is 1.37 Å². The maximum Gasteiger partial charge on any atom is 0.0639 e. The van der Waals surface area contributed by atoms with Crippen LogP contribution in [0.1, 0.15) is 1.37 Å². The van der Waals surface area contributed by atoms with Gasteiger partial charge in [-0.15, -0.1) is 12.6 Å². The summed E-state index contributed by atoms with van der Waals surface area (Å²) in [6.45, 7) is 0. The molecule has 0 aliphatic carbocycles. The fraction of sp³-hybridized carbons (Fsp3) is 0.